The van der Waals surface area contributed by atoms with Crippen LogP contribution in [0.5, 0.6) is 0 Å². The number of hydrogen-bond donors (Lipinski definition) is 4. The average molecular weight is 371 g/mol. The summed E-state index contributed by atoms with van der Waals surface area (Å²) in [5.74, 6) is -0.296. The van der Waals surface area contributed by atoms with Gasteiger partial charge in [-0.3, -0.25) is 4.57 Å². The molecule has 1 saturated heterocycles. The van der Waals surface area contributed by atoms with Crippen LogP contribution < -0.4 is 5.73 Å². The van der Waals surface area contributed by atoms with Crippen LogP contribution >= 0.6 is 8.25 Å². The van der Waals surface area contributed by atoms with Crippen LogP contribution in [0.2, 0.25) is 0 Å². The summed E-state index contributed by atoms with van der Waals surface area (Å²) in [7, 11) is -2.88. The number of rotatable bonds is 5. The van der Waals surface area contributed by atoms with Gasteiger partial charge in [0.2, 0.25) is 5.95 Å². The van der Waals surface area contributed by atoms with Gasteiger partial charge in [-0.1, -0.05) is 0 Å². The zero-order valence-corrected chi connectivity index (χ0v) is 13.2. The molecule has 1 aliphatic rings. The maximum absolute atomic E-state index is 10.6. The fourth-order valence-corrected chi connectivity index (χ4v) is 2.71. The number of nitrogens with zero attached hydrogens (tertiary/aromatic N) is 7. The van der Waals surface area contributed by atoms with Crippen LogP contribution in [0, 0.1) is 0 Å². The number of imidazole rings is 1. The van der Waals surface area contributed by atoms with Gasteiger partial charge in [0.25, 0.3) is 0 Å². The van der Waals surface area contributed by atoms with Gasteiger partial charge >= 0.3 is 8.25 Å². The van der Waals surface area contributed by atoms with E-state index in [1.54, 1.807) is 0 Å². The second-order valence-corrected chi connectivity index (χ2v) is 5.74. The van der Waals surface area contributed by atoms with E-state index in [1.807, 2.05) is 0 Å². The largest absolute Gasteiger partial charge is 0.694 e. The summed E-state index contributed by atoms with van der Waals surface area (Å²) in [5.41, 5.74) is 14.5. The highest BCUT2D eigenvalue weighted by Crippen LogP contribution is 2.33. The third kappa shape index (κ3) is 3.23. The number of azide groups is 1. The molecule has 15 heteroatoms. The van der Waals surface area contributed by atoms with Gasteiger partial charge in [-0.05, 0) is 10.6 Å². The van der Waals surface area contributed by atoms with Gasteiger partial charge in [0.05, 0.1) is 6.33 Å². The number of hydrogen-bond acceptors (Lipinski definition) is 10. The summed E-state index contributed by atoms with van der Waals surface area (Å²) < 4.78 is 21.9. The lowest BCUT2D eigenvalue weighted by Gasteiger charge is -2.16. The Morgan fingerprint density at radius 2 is 2.24 bits per heavy atom. The van der Waals surface area contributed by atoms with Crippen molar-refractivity contribution >= 4 is 31.2 Å². The molecule has 0 aliphatic carbocycles. The van der Waals surface area contributed by atoms with Crippen molar-refractivity contribution < 1.29 is 28.9 Å². The maximum atomic E-state index is 10.6. The molecule has 0 bridgehead atoms. The van der Waals surface area contributed by atoms with Crippen LogP contribution in [0.15, 0.2) is 11.4 Å². The molecule has 0 saturated carbocycles. The molecule has 0 radical (unpaired) electrons. The first-order chi connectivity index (χ1) is 11.9. The molecule has 2 aromatic rings. The lowest BCUT2D eigenvalue weighted by molar-refractivity contribution is -0.0476. The van der Waals surface area contributed by atoms with Crippen molar-refractivity contribution in [3.05, 3.63) is 16.8 Å². The standard InChI is InChI=1S/C10H11N8O6P/c11-7-4-8(15-10(14-7)16-17-12)18(2-13-4)9-6(20)5(19)3(24-9)1-23-25(21)22/h2-3,5-6,9,19-20H,1H2,(H2-,11,14,15,21,22)/p+1/t3-,5-,6-,9-/m1/s1. The van der Waals surface area contributed by atoms with Gasteiger partial charge in [0, 0.05) is 9.48 Å². The predicted octanol–water partition coefficient (Wildman–Crippen LogP) is -0.364. The Bertz CT molecular complexity index is 868. The number of aliphatic hydroxyl groups is 2. The van der Waals surface area contributed by atoms with Crippen molar-refractivity contribution in [3.63, 3.8) is 0 Å². The van der Waals surface area contributed by atoms with E-state index in [0.29, 0.717) is 0 Å². The lowest BCUT2D eigenvalue weighted by Crippen LogP contribution is -2.33. The maximum Gasteiger partial charge on any atom is 0.694 e. The number of fused-ring (bicyclic) bond motifs is 1. The second kappa shape index (κ2) is 6.82. The molecule has 0 aromatic carbocycles. The first kappa shape index (κ1) is 17.4. The van der Waals surface area contributed by atoms with Crippen LogP contribution in [0.4, 0.5) is 11.8 Å². The highest BCUT2D eigenvalue weighted by molar-refractivity contribution is 7.32. The zero-order valence-electron chi connectivity index (χ0n) is 12.3. The minimum atomic E-state index is -2.88. The summed E-state index contributed by atoms with van der Waals surface area (Å²) in [4.78, 5) is 23.0. The first-order valence-electron chi connectivity index (χ1n) is 6.78. The molecule has 3 rings (SSSR count). The highest BCUT2D eigenvalue weighted by Gasteiger charge is 2.45. The van der Waals surface area contributed by atoms with Crippen LogP contribution in [0.1, 0.15) is 6.23 Å². The Hall–Kier alpha value is -2.44. The SMILES string of the molecule is [N-]=[N+]=Nc1nc(N)c2ncn([C@@H]3O[C@H](CO[P+](=O)O)[C@@H](O)[C@H]3O)c2n1. The third-order valence-electron chi connectivity index (χ3n) is 3.53. The van der Waals surface area contributed by atoms with E-state index in [-0.39, 0.29) is 22.9 Å². The monoisotopic (exact) mass is 371 g/mol. The van der Waals surface area contributed by atoms with Gasteiger partial charge in [-0.2, -0.15) is 0 Å². The summed E-state index contributed by atoms with van der Waals surface area (Å²) >= 11 is 0. The molecule has 5 N–H and O–H groups in total. The predicted molar refractivity (Wildman–Crippen MR) is 80.2 cm³/mol. The van der Waals surface area contributed by atoms with Crippen LogP contribution in [0.3, 0.4) is 0 Å². The molecule has 0 spiro atoms. The summed E-state index contributed by atoms with van der Waals surface area (Å²) in [5, 5.41) is 23.5. The minimum absolute atomic E-state index is 0.0451. The minimum Gasteiger partial charge on any atom is -0.387 e. The molecule has 0 amide bonds. The van der Waals surface area contributed by atoms with E-state index >= 15 is 0 Å². The van der Waals surface area contributed by atoms with Crippen molar-refractivity contribution in [1.29, 1.82) is 0 Å². The average Bonchev–Trinajstić information content (AvgIpc) is 3.09. The van der Waals surface area contributed by atoms with Crippen LogP contribution in [-0.4, -0.2) is 59.5 Å². The summed E-state index contributed by atoms with van der Waals surface area (Å²) in [6, 6.07) is 0. The zero-order chi connectivity index (χ0) is 18.1. The molecule has 1 unspecified atom stereocenters. The Balaban J connectivity index is 1.96. The Labute approximate surface area is 139 Å². The van der Waals surface area contributed by atoms with Crippen molar-refractivity contribution in [1.82, 2.24) is 19.5 Å². The molecule has 1 fully saturated rings. The van der Waals surface area contributed by atoms with Gasteiger partial charge < -0.3 is 20.7 Å². The van der Waals surface area contributed by atoms with Gasteiger partial charge in [0.1, 0.15) is 30.4 Å². The number of anilines is 1. The molecular weight excluding hydrogens is 359 g/mol. The molecule has 25 heavy (non-hydrogen) atoms. The molecule has 132 valence electrons. The molecule has 3 heterocycles. The molecule has 14 nitrogen and oxygen atoms in total. The lowest BCUT2D eigenvalue weighted by atomic mass is 10.1. The molecule has 1 aliphatic heterocycles. The highest BCUT2D eigenvalue weighted by atomic mass is 31.1. The fraction of sp³-hybridized carbons (Fsp3) is 0.500. The van der Waals surface area contributed by atoms with Crippen molar-refractivity contribution in [2.45, 2.75) is 24.5 Å². The Kier molecular flexibility index (Phi) is 4.74. The van der Waals surface area contributed by atoms with E-state index in [0.717, 1.165) is 0 Å². The molecular formula is C10H12N8O6P+. The Morgan fingerprint density at radius 3 is 2.92 bits per heavy atom. The van der Waals surface area contributed by atoms with E-state index in [9.17, 15) is 14.8 Å². The fourth-order valence-electron chi connectivity index (χ4n) is 2.43. The molecule has 5 atom stereocenters. The van der Waals surface area contributed by atoms with Crippen molar-refractivity contribution in [3.8, 4) is 0 Å². The first-order valence-corrected chi connectivity index (χ1v) is 7.91. The number of aliphatic hydroxyl groups excluding tert-OH is 2. The topological polar surface area (TPSA) is 215 Å². The smallest absolute Gasteiger partial charge is 0.387 e. The van der Waals surface area contributed by atoms with Gasteiger partial charge in [0.15, 0.2) is 17.7 Å². The van der Waals surface area contributed by atoms with E-state index in [1.165, 1.54) is 10.9 Å². The number of nitrogen functional groups attached to an aromatic ring is 1. The summed E-state index contributed by atoms with van der Waals surface area (Å²) in [6.45, 7) is -0.409. The quantitative estimate of drug-likeness (QED) is 0.231. The second-order valence-electron chi connectivity index (χ2n) is 5.00. The van der Waals surface area contributed by atoms with E-state index in [2.05, 4.69) is 29.5 Å². The van der Waals surface area contributed by atoms with Gasteiger partial charge in [-0.15, -0.1) is 9.42 Å². The van der Waals surface area contributed by atoms with Crippen molar-refractivity contribution in [2.75, 3.05) is 12.3 Å². The van der Waals surface area contributed by atoms with Crippen molar-refractivity contribution in [2.24, 2.45) is 5.11 Å². The van der Waals surface area contributed by atoms with Crippen LogP contribution in [0.25, 0.3) is 21.6 Å². The normalized spacial score (nSPS) is 26.6. The summed E-state index contributed by atoms with van der Waals surface area (Å²) in [6.07, 6.45) is -3.71. The van der Waals surface area contributed by atoms with Gasteiger partial charge in [-0.25, -0.2) is 15.0 Å². The number of aromatic nitrogens is 4. The van der Waals surface area contributed by atoms with Crippen LogP contribution in [-0.2, 0) is 13.8 Å². The number of nitrogens with two attached hydrogens (primary N) is 1. The van der Waals surface area contributed by atoms with E-state index in [4.69, 9.17) is 20.9 Å². The molecule has 2 aromatic heterocycles. The number of ether oxygens (including phenoxy) is 1. The van der Waals surface area contributed by atoms with E-state index < -0.39 is 39.4 Å². The Morgan fingerprint density at radius 1 is 1.48 bits per heavy atom. The third-order valence-corrected chi connectivity index (χ3v) is 3.90.